The summed E-state index contributed by atoms with van der Waals surface area (Å²) in [4.78, 5) is 5.89. The molecular formula is C11H15NS. The zero-order valence-corrected chi connectivity index (χ0v) is 8.59. The van der Waals surface area contributed by atoms with E-state index in [9.17, 15) is 0 Å². The zero-order valence-electron chi connectivity index (χ0n) is 7.78. The molecular weight excluding hydrogens is 178 g/mol. The van der Waals surface area contributed by atoms with Crippen LogP contribution in [0, 0.1) is 0 Å². The third-order valence-corrected chi connectivity index (χ3v) is 3.34. The molecule has 1 aliphatic rings. The summed E-state index contributed by atoms with van der Waals surface area (Å²) in [7, 11) is 0. The minimum absolute atomic E-state index is 0.607. The monoisotopic (exact) mass is 193 g/mol. The van der Waals surface area contributed by atoms with Crippen LogP contribution in [0.2, 0.25) is 0 Å². The standard InChI is InChI=1S/C11H15NS/c1-2-5-10(6-3-1)12-9-11-7-4-8-13-11/h4,7-10H,1-3,5-6H2. The topological polar surface area (TPSA) is 12.4 Å². The number of hydrogen-bond acceptors (Lipinski definition) is 2. The molecule has 2 heteroatoms. The highest BCUT2D eigenvalue weighted by Crippen LogP contribution is 2.20. The van der Waals surface area contributed by atoms with Crippen molar-refractivity contribution in [2.45, 2.75) is 38.1 Å². The van der Waals surface area contributed by atoms with Gasteiger partial charge in [-0.25, -0.2) is 0 Å². The van der Waals surface area contributed by atoms with Gasteiger partial charge in [-0.05, 0) is 24.3 Å². The lowest BCUT2D eigenvalue weighted by molar-refractivity contribution is 0.444. The molecule has 1 fully saturated rings. The molecule has 1 aromatic heterocycles. The molecule has 0 bridgehead atoms. The van der Waals surface area contributed by atoms with E-state index in [4.69, 9.17) is 0 Å². The summed E-state index contributed by atoms with van der Waals surface area (Å²) < 4.78 is 0. The van der Waals surface area contributed by atoms with Crippen LogP contribution < -0.4 is 0 Å². The van der Waals surface area contributed by atoms with Crippen molar-refractivity contribution >= 4 is 17.6 Å². The first kappa shape index (κ1) is 8.95. The summed E-state index contributed by atoms with van der Waals surface area (Å²) in [6.45, 7) is 0. The van der Waals surface area contributed by atoms with Gasteiger partial charge < -0.3 is 0 Å². The lowest BCUT2D eigenvalue weighted by atomic mass is 9.96. The fourth-order valence-corrected chi connectivity index (χ4v) is 2.37. The molecule has 70 valence electrons. The quantitative estimate of drug-likeness (QED) is 0.637. The van der Waals surface area contributed by atoms with E-state index in [-0.39, 0.29) is 0 Å². The van der Waals surface area contributed by atoms with Crippen molar-refractivity contribution in [3.05, 3.63) is 22.4 Å². The zero-order chi connectivity index (χ0) is 8.93. The summed E-state index contributed by atoms with van der Waals surface area (Å²) in [5, 5.41) is 2.10. The van der Waals surface area contributed by atoms with Crippen LogP contribution in [0.15, 0.2) is 22.5 Å². The number of aliphatic imine (C=N–C) groups is 1. The molecule has 0 spiro atoms. The Kier molecular flexibility index (Phi) is 3.14. The van der Waals surface area contributed by atoms with E-state index in [1.54, 1.807) is 11.3 Å². The van der Waals surface area contributed by atoms with Crippen LogP contribution in [0.5, 0.6) is 0 Å². The molecule has 0 aliphatic heterocycles. The largest absolute Gasteiger partial charge is 0.288 e. The van der Waals surface area contributed by atoms with Gasteiger partial charge in [0, 0.05) is 17.1 Å². The maximum absolute atomic E-state index is 4.61. The maximum atomic E-state index is 4.61. The van der Waals surface area contributed by atoms with Crippen LogP contribution in [0.4, 0.5) is 0 Å². The Balaban J connectivity index is 1.89. The molecule has 1 saturated carbocycles. The van der Waals surface area contributed by atoms with E-state index in [0.29, 0.717) is 6.04 Å². The Morgan fingerprint density at radius 2 is 2.15 bits per heavy atom. The van der Waals surface area contributed by atoms with Crippen molar-refractivity contribution in [3.8, 4) is 0 Å². The van der Waals surface area contributed by atoms with Gasteiger partial charge in [0.2, 0.25) is 0 Å². The molecule has 1 heterocycles. The predicted octanol–water partition coefficient (Wildman–Crippen LogP) is 3.50. The number of thiophene rings is 1. The van der Waals surface area contributed by atoms with Crippen LogP contribution >= 0.6 is 11.3 Å². The highest BCUT2D eigenvalue weighted by molar-refractivity contribution is 7.11. The Morgan fingerprint density at radius 1 is 1.31 bits per heavy atom. The second-order valence-electron chi connectivity index (χ2n) is 3.59. The van der Waals surface area contributed by atoms with E-state index >= 15 is 0 Å². The first-order valence-electron chi connectivity index (χ1n) is 5.02. The molecule has 0 aromatic carbocycles. The highest BCUT2D eigenvalue weighted by Gasteiger charge is 2.10. The van der Waals surface area contributed by atoms with Crippen LogP contribution in [-0.2, 0) is 0 Å². The second kappa shape index (κ2) is 4.56. The van der Waals surface area contributed by atoms with Crippen LogP contribution in [-0.4, -0.2) is 12.3 Å². The molecule has 0 unspecified atom stereocenters. The van der Waals surface area contributed by atoms with Crippen LogP contribution in [0.3, 0.4) is 0 Å². The molecule has 1 aliphatic carbocycles. The van der Waals surface area contributed by atoms with Crippen molar-refractivity contribution < 1.29 is 0 Å². The summed E-state index contributed by atoms with van der Waals surface area (Å²) in [6.07, 6.45) is 8.77. The molecule has 1 nitrogen and oxygen atoms in total. The fourth-order valence-electron chi connectivity index (χ4n) is 1.77. The molecule has 2 rings (SSSR count). The molecule has 0 atom stereocenters. The van der Waals surface area contributed by atoms with Gasteiger partial charge >= 0.3 is 0 Å². The Hall–Kier alpha value is -0.630. The molecule has 0 amide bonds. The van der Waals surface area contributed by atoms with E-state index in [1.165, 1.54) is 37.0 Å². The third kappa shape index (κ3) is 2.66. The minimum Gasteiger partial charge on any atom is -0.288 e. The highest BCUT2D eigenvalue weighted by atomic mass is 32.1. The normalized spacial score (nSPS) is 19.7. The number of nitrogens with zero attached hydrogens (tertiary/aromatic N) is 1. The Labute approximate surface area is 83.5 Å². The van der Waals surface area contributed by atoms with Crippen molar-refractivity contribution in [2.75, 3.05) is 0 Å². The second-order valence-corrected chi connectivity index (χ2v) is 4.56. The molecule has 0 radical (unpaired) electrons. The van der Waals surface area contributed by atoms with E-state index in [2.05, 4.69) is 22.5 Å². The van der Waals surface area contributed by atoms with Crippen LogP contribution in [0.1, 0.15) is 37.0 Å². The van der Waals surface area contributed by atoms with Gasteiger partial charge in [-0.1, -0.05) is 25.3 Å². The lowest BCUT2D eigenvalue weighted by Gasteiger charge is -2.16. The predicted molar refractivity (Wildman–Crippen MR) is 58.8 cm³/mol. The molecule has 0 saturated heterocycles. The van der Waals surface area contributed by atoms with E-state index < -0.39 is 0 Å². The number of hydrogen-bond donors (Lipinski definition) is 0. The summed E-state index contributed by atoms with van der Waals surface area (Å²) in [5.74, 6) is 0. The average Bonchev–Trinajstić information content (AvgIpc) is 2.69. The third-order valence-electron chi connectivity index (χ3n) is 2.53. The Bertz CT molecular complexity index is 258. The summed E-state index contributed by atoms with van der Waals surface area (Å²) in [5.41, 5.74) is 0. The average molecular weight is 193 g/mol. The van der Waals surface area contributed by atoms with Crippen molar-refractivity contribution in [2.24, 2.45) is 4.99 Å². The first-order chi connectivity index (χ1) is 6.45. The van der Waals surface area contributed by atoms with Gasteiger partial charge in [0.1, 0.15) is 0 Å². The SMILES string of the molecule is C(=NC1CCCCC1)c1cccs1. The fraction of sp³-hybridized carbons (Fsp3) is 0.545. The van der Waals surface area contributed by atoms with Gasteiger partial charge in [-0.15, -0.1) is 11.3 Å². The lowest BCUT2D eigenvalue weighted by Crippen LogP contribution is -2.09. The van der Waals surface area contributed by atoms with Gasteiger partial charge in [0.05, 0.1) is 0 Å². The van der Waals surface area contributed by atoms with Gasteiger partial charge in [-0.3, -0.25) is 4.99 Å². The first-order valence-corrected chi connectivity index (χ1v) is 5.90. The maximum Gasteiger partial charge on any atom is 0.0500 e. The molecule has 0 N–H and O–H groups in total. The van der Waals surface area contributed by atoms with Crippen molar-refractivity contribution in [3.63, 3.8) is 0 Å². The molecule has 13 heavy (non-hydrogen) atoms. The van der Waals surface area contributed by atoms with Crippen LogP contribution in [0.25, 0.3) is 0 Å². The van der Waals surface area contributed by atoms with Crippen molar-refractivity contribution in [1.82, 2.24) is 0 Å². The van der Waals surface area contributed by atoms with Gasteiger partial charge in [0.15, 0.2) is 0 Å². The van der Waals surface area contributed by atoms with E-state index in [1.807, 2.05) is 6.21 Å². The van der Waals surface area contributed by atoms with Gasteiger partial charge in [0.25, 0.3) is 0 Å². The Morgan fingerprint density at radius 3 is 2.85 bits per heavy atom. The summed E-state index contributed by atoms with van der Waals surface area (Å²) in [6, 6.07) is 4.81. The minimum atomic E-state index is 0.607. The van der Waals surface area contributed by atoms with Crippen molar-refractivity contribution in [1.29, 1.82) is 0 Å². The number of rotatable bonds is 2. The smallest absolute Gasteiger partial charge is 0.0500 e. The molecule has 1 aromatic rings. The summed E-state index contributed by atoms with van der Waals surface area (Å²) >= 11 is 1.76. The van der Waals surface area contributed by atoms with E-state index in [0.717, 1.165) is 0 Å². The van der Waals surface area contributed by atoms with Gasteiger partial charge in [-0.2, -0.15) is 0 Å².